The van der Waals surface area contributed by atoms with Gasteiger partial charge in [-0.3, -0.25) is 0 Å². The first kappa shape index (κ1) is 15.5. The van der Waals surface area contributed by atoms with E-state index in [4.69, 9.17) is 4.98 Å². The van der Waals surface area contributed by atoms with Crippen molar-refractivity contribution in [3.63, 3.8) is 0 Å². The molecule has 3 nitrogen and oxygen atoms in total. The summed E-state index contributed by atoms with van der Waals surface area (Å²) in [6.45, 7) is 9.11. The number of anilines is 1. The Labute approximate surface area is 137 Å². The lowest BCUT2D eigenvalue weighted by Gasteiger charge is -2.46. The number of aromatic nitrogens is 1. The van der Waals surface area contributed by atoms with Gasteiger partial charge in [-0.1, -0.05) is 30.3 Å². The lowest BCUT2D eigenvalue weighted by atomic mass is 9.80. The van der Waals surface area contributed by atoms with Crippen molar-refractivity contribution in [1.82, 2.24) is 10.3 Å². The van der Waals surface area contributed by atoms with Crippen LogP contribution in [-0.4, -0.2) is 22.1 Å². The van der Waals surface area contributed by atoms with E-state index in [0.29, 0.717) is 6.04 Å². The predicted molar refractivity (Wildman–Crippen MR) is 95.5 cm³/mol. The van der Waals surface area contributed by atoms with Crippen LogP contribution in [-0.2, 0) is 0 Å². The van der Waals surface area contributed by atoms with Crippen molar-refractivity contribution in [3.8, 4) is 11.3 Å². The van der Waals surface area contributed by atoms with Gasteiger partial charge in [-0.05, 0) is 40.5 Å². The van der Waals surface area contributed by atoms with E-state index in [1.54, 1.807) is 11.3 Å². The number of nitrogens with zero attached hydrogens (tertiary/aromatic N) is 1. The highest BCUT2D eigenvalue weighted by molar-refractivity contribution is 7.14. The van der Waals surface area contributed by atoms with Crippen LogP contribution in [0, 0.1) is 0 Å². The van der Waals surface area contributed by atoms with Crippen molar-refractivity contribution < 1.29 is 0 Å². The topological polar surface area (TPSA) is 37.0 Å². The molecule has 1 fully saturated rings. The van der Waals surface area contributed by atoms with Gasteiger partial charge in [0, 0.05) is 28.1 Å². The molecule has 1 aromatic heterocycles. The van der Waals surface area contributed by atoms with Gasteiger partial charge in [0.1, 0.15) is 0 Å². The fraction of sp³-hybridized carbons (Fsp3) is 0.500. The second-order valence-corrected chi connectivity index (χ2v) is 8.40. The average Bonchev–Trinajstić information content (AvgIpc) is 2.84. The molecule has 0 amide bonds. The lowest BCUT2D eigenvalue weighted by molar-refractivity contribution is 0.170. The maximum Gasteiger partial charge on any atom is 0.183 e. The van der Waals surface area contributed by atoms with E-state index in [2.05, 4.69) is 68.0 Å². The standard InChI is InChI=1S/C18H25N3S/c1-17(2)10-14(11-18(3,4)21-17)19-16-20-15(12-22-16)13-8-6-5-7-9-13/h5-9,12,14,21H,10-11H2,1-4H3,(H,19,20). The van der Waals surface area contributed by atoms with E-state index < -0.39 is 0 Å². The molecule has 4 heteroatoms. The van der Waals surface area contributed by atoms with E-state index >= 15 is 0 Å². The zero-order valence-corrected chi connectivity index (χ0v) is 14.6. The van der Waals surface area contributed by atoms with Crippen LogP contribution in [0.5, 0.6) is 0 Å². The van der Waals surface area contributed by atoms with Crippen molar-refractivity contribution in [2.75, 3.05) is 5.32 Å². The molecule has 1 saturated heterocycles. The van der Waals surface area contributed by atoms with Crippen LogP contribution in [0.4, 0.5) is 5.13 Å². The van der Waals surface area contributed by atoms with Crippen molar-refractivity contribution in [2.45, 2.75) is 57.7 Å². The number of thiazole rings is 1. The maximum atomic E-state index is 4.76. The summed E-state index contributed by atoms with van der Waals surface area (Å²) in [5.41, 5.74) is 2.54. The first-order valence-electron chi connectivity index (χ1n) is 7.90. The molecule has 0 aliphatic carbocycles. The molecule has 0 radical (unpaired) electrons. The van der Waals surface area contributed by atoms with Gasteiger partial charge in [0.2, 0.25) is 0 Å². The van der Waals surface area contributed by atoms with Gasteiger partial charge in [0.05, 0.1) is 5.69 Å². The van der Waals surface area contributed by atoms with Gasteiger partial charge in [0.15, 0.2) is 5.13 Å². The predicted octanol–water partition coefficient (Wildman–Crippen LogP) is 4.53. The molecule has 0 spiro atoms. The molecular weight excluding hydrogens is 290 g/mol. The van der Waals surface area contributed by atoms with E-state index in [-0.39, 0.29) is 11.1 Å². The Morgan fingerprint density at radius 2 is 1.73 bits per heavy atom. The zero-order chi connectivity index (χ0) is 15.8. The minimum Gasteiger partial charge on any atom is -0.359 e. The number of nitrogens with one attached hydrogen (secondary N) is 2. The number of benzene rings is 1. The minimum absolute atomic E-state index is 0.152. The summed E-state index contributed by atoms with van der Waals surface area (Å²) in [7, 11) is 0. The van der Waals surface area contributed by atoms with Gasteiger partial charge in [-0.2, -0.15) is 0 Å². The summed E-state index contributed by atoms with van der Waals surface area (Å²) in [4.78, 5) is 4.76. The van der Waals surface area contributed by atoms with Gasteiger partial charge < -0.3 is 10.6 Å². The third kappa shape index (κ3) is 3.68. The second kappa shape index (κ2) is 5.67. The van der Waals surface area contributed by atoms with Crippen molar-refractivity contribution in [3.05, 3.63) is 35.7 Å². The van der Waals surface area contributed by atoms with E-state index in [1.807, 2.05) is 6.07 Å². The molecule has 22 heavy (non-hydrogen) atoms. The van der Waals surface area contributed by atoms with E-state index in [1.165, 1.54) is 5.56 Å². The fourth-order valence-corrected chi connectivity index (χ4v) is 4.48. The Balaban J connectivity index is 1.73. The largest absolute Gasteiger partial charge is 0.359 e. The number of hydrogen-bond acceptors (Lipinski definition) is 4. The van der Waals surface area contributed by atoms with Gasteiger partial charge in [-0.25, -0.2) is 4.98 Å². The first-order chi connectivity index (χ1) is 10.3. The smallest absolute Gasteiger partial charge is 0.183 e. The number of rotatable bonds is 3. The Morgan fingerprint density at radius 1 is 1.09 bits per heavy atom. The van der Waals surface area contributed by atoms with Crippen LogP contribution >= 0.6 is 11.3 Å². The number of hydrogen-bond donors (Lipinski definition) is 2. The molecular formula is C18H25N3S. The summed E-state index contributed by atoms with van der Waals surface area (Å²) in [6.07, 6.45) is 2.22. The molecule has 0 bridgehead atoms. The Hall–Kier alpha value is -1.39. The van der Waals surface area contributed by atoms with Gasteiger partial charge in [-0.15, -0.1) is 11.3 Å². The van der Waals surface area contributed by atoms with Crippen molar-refractivity contribution >= 4 is 16.5 Å². The third-order valence-corrected chi connectivity index (χ3v) is 4.87. The van der Waals surface area contributed by atoms with E-state index in [9.17, 15) is 0 Å². The molecule has 1 aliphatic rings. The molecule has 118 valence electrons. The highest BCUT2D eigenvalue weighted by Crippen LogP contribution is 2.32. The molecule has 1 aromatic carbocycles. The average molecular weight is 315 g/mol. The van der Waals surface area contributed by atoms with Crippen LogP contribution < -0.4 is 10.6 Å². The monoisotopic (exact) mass is 315 g/mol. The fourth-order valence-electron chi connectivity index (χ4n) is 3.68. The molecule has 0 unspecified atom stereocenters. The van der Waals surface area contributed by atoms with Crippen LogP contribution in [0.25, 0.3) is 11.3 Å². The molecule has 2 N–H and O–H groups in total. The summed E-state index contributed by atoms with van der Waals surface area (Å²) in [5, 5.41) is 10.5. The summed E-state index contributed by atoms with van der Waals surface area (Å²) in [6, 6.07) is 10.8. The summed E-state index contributed by atoms with van der Waals surface area (Å²) < 4.78 is 0. The molecule has 1 aliphatic heterocycles. The normalized spacial score (nSPS) is 20.7. The summed E-state index contributed by atoms with van der Waals surface area (Å²) in [5.74, 6) is 0. The first-order valence-corrected chi connectivity index (χ1v) is 8.78. The summed E-state index contributed by atoms with van der Waals surface area (Å²) >= 11 is 1.70. The Bertz CT molecular complexity index is 615. The highest BCUT2D eigenvalue weighted by atomic mass is 32.1. The Morgan fingerprint density at radius 3 is 2.36 bits per heavy atom. The highest BCUT2D eigenvalue weighted by Gasteiger charge is 2.37. The second-order valence-electron chi connectivity index (χ2n) is 7.55. The number of piperidine rings is 1. The van der Waals surface area contributed by atoms with Gasteiger partial charge >= 0.3 is 0 Å². The maximum absolute atomic E-state index is 4.76. The zero-order valence-electron chi connectivity index (χ0n) is 13.8. The van der Waals surface area contributed by atoms with Crippen LogP contribution in [0.2, 0.25) is 0 Å². The quantitative estimate of drug-likeness (QED) is 0.873. The SMILES string of the molecule is CC1(C)CC(Nc2nc(-c3ccccc3)cs2)CC(C)(C)N1. The van der Waals surface area contributed by atoms with Crippen LogP contribution in [0.3, 0.4) is 0 Å². The molecule has 2 heterocycles. The third-order valence-electron chi connectivity index (χ3n) is 4.09. The van der Waals surface area contributed by atoms with Crippen LogP contribution in [0.1, 0.15) is 40.5 Å². The van der Waals surface area contributed by atoms with Crippen molar-refractivity contribution in [2.24, 2.45) is 0 Å². The molecule has 0 saturated carbocycles. The molecule has 3 rings (SSSR count). The van der Waals surface area contributed by atoms with Gasteiger partial charge in [0.25, 0.3) is 0 Å². The molecule has 0 atom stereocenters. The van der Waals surface area contributed by atoms with Crippen LogP contribution in [0.15, 0.2) is 35.7 Å². The minimum atomic E-state index is 0.152. The van der Waals surface area contributed by atoms with E-state index in [0.717, 1.165) is 23.7 Å². The Kier molecular flexibility index (Phi) is 4.00. The lowest BCUT2D eigenvalue weighted by Crippen LogP contribution is -2.60. The van der Waals surface area contributed by atoms with Crippen molar-refractivity contribution in [1.29, 1.82) is 0 Å². The molecule has 2 aromatic rings.